The Labute approximate surface area is 117 Å². The monoisotopic (exact) mass is 261 g/mol. The number of hydrogen-bond acceptors (Lipinski definition) is 3. The summed E-state index contributed by atoms with van der Waals surface area (Å²) in [4.78, 5) is 2.12. The Hall–Kier alpha value is -1.06. The van der Waals surface area contributed by atoms with E-state index in [0.29, 0.717) is 12.0 Å². The van der Waals surface area contributed by atoms with Crippen molar-refractivity contribution in [3.63, 3.8) is 0 Å². The number of hydrazine groups is 1. The highest BCUT2D eigenvalue weighted by Gasteiger charge is 2.26. The highest BCUT2D eigenvalue weighted by Crippen LogP contribution is 2.36. The first kappa shape index (κ1) is 14.4. The molecule has 1 atom stereocenters. The van der Waals surface area contributed by atoms with Crippen molar-refractivity contribution in [1.29, 1.82) is 0 Å². The van der Waals surface area contributed by atoms with E-state index in [2.05, 4.69) is 55.6 Å². The number of nitrogens with one attached hydrogen (secondary N) is 1. The number of nitrogens with two attached hydrogens (primary N) is 1. The molecule has 1 fully saturated rings. The maximum atomic E-state index is 5.81. The number of hydrogen-bond donors (Lipinski definition) is 2. The molecule has 1 aliphatic rings. The third-order valence-corrected chi connectivity index (χ3v) is 4.48. The minimum absolute atomic E-state index is 0.295. The lowest BCUT2D eigenvalue weighted by Crippen LogP contribution is -2.35. The van der Waals surface area contributed by atoms with Gasteiger partial charge in [-0.2, -0.15) is 0 Å². The Bertz CT molecular complexity index is 377. The fraction of sp³-hybridized carbons (Fsp3) is 0.625. The summed E-state index contributed by atoms with van der Waals surface area (Å²) in [5.41, 5.74) is 5.58. The molecule has 0 bridgehead atoms. The highest BCUT2D eigenvalue weighted by molar-refractivity contribution is 5.46. The second-order valence-electron chi connectivity index (χ2n) is 6.15. The third kappa shape index (κ3) is 3.48. The van der Waals surface area contributed by atoms with Crippen molar-refractivity contribution in [1.82, 2.24) is 5.43 Å². The first-order valence-corrected chi connectivity index (χ1v) is 7.35. The Kier molecular flexibility index (Phi) is 4.83. The molecule has 106 valence electrons. The van der Waals surface area contributed by atoms with Gasteiger partial charge in [-0.1, -0.05) is 31.9 Å². The molecule has 3 heteroatoms. The fourth-order valence-electron chi connectivity index (χ4n) is 3.10. The molecule has 1 unspecified atom stereocenters. The summed E-state index contributed by atoms with van der Waals surface area (Å²) in [6.45, 7) is 2.35. The van der Waals surface area contributed by atoms with Crippen molar-refractivity contribution in [2.45, 2.75) is 38.6 Å². The van der Waals surface area contributed by atoms with Crippen LogP contribution < -0.4 is 16.2 Å². The SMILES string of the molecule is CC1CCC(C(NN)c2ccc(N(C)C)cc2)CC1. The lowest BCUT2D eigenvalue weighted by molar-refractivity contribution is 0.232. The smallest absolute Gasteiger partial charge is 0.0488 e. The van der Waals surface area contributed by atoms with Gasteiger partial charge in [0.2, 0.25) is 0 Å². The number of benzene rings is 1. The van der Waals surface area contributed by atoms with E-state index in [1.165, 1.54) is 36.9 Å². The zero-order valence-electron chi connectivity index (χ0n) is 12.4. The molecule has 1 saturated carbocycles. The summed E-state index contributed by atoms with van der Waals surface area (Å²) in [5, 5.41) is 0. The largest absolute Gasteiger partial charge is 0.378 e. The summed E-state index contributed by atoms with van der Waals surface area (Å²) in [6.07, 6.45) is 5.23. The molecule has 0 aromatic heterocycles. The van der Waals surface area contributed by atoms with Crippen LogP contribution in [-0.2, 0) is 0 Å². The van der Waals surface area contributed by atoms with Gasteiger partial charge < -0.3 is 4.90 Å². The van der Waals surface area contributed by atoms with Gasteiger partial charge in [-0.3, -0.25) is 11.3 Å². The van der Waals surface area contributed by atoms with Gasteiger partial charge in [-0.15, -0.1) is 0 Å². The van der Waals surface area contributed by atoms with E-state index in [0.717, 1.165) is 5.92 Å². The molecule has 0 amide bonds. The highest BCUT2D eigenvalue weighted by atomic mass is 15.2. The standard InChI is InChI=1S/C16H27N3/c1-12-4-6-13(7-5-12)16(18-17)14-8-10-15(11-9-14)19(2)3/h8-13,16,18H,4-7,17H2,1-3H3. The first-order valence-electron chi connectivity index (χ1n) is 7.35. The van der Waals surface area contributed by atoms with Gasteiger partial charge in [-0.25, -0.2) is 0 Å². The Morgan fingerprint density at radius 3 is 2.16 bits per heavy atom. The van der Waals surface area contributed by atoms with Crippen LogP contribution >= 0.6 is 0 Å². The molecule has 0 heterocycles. The molecular weight excluding hydrogens is 234 g/mol. The van der Waals surface area contributed by atoms with Crippen molar-refractivity contribution in [3.05, 3.63) is 29.8 Å². The van der Waals surface area contributed by atoms with E-state index in [1.807, 2.05) is 0 Å². The maximum absolute atomic E-state index is 5.81. The Morgan fingerprint density at radius 2 is 1.68 bits per heavy atom. The lowest BCUT2D eigenvalue weighted by Gasteiger charge is -2.32. The van der Waals surface area contributed by atoms with Crippen LogP contribution in [0.25, 0.3) is 0 Å². The molecular formula is C16H27N3. The second-order valence-corrected chi connectivity index (χ2v) is 6.15. The Morgan fingerprint density at radius 1 is 1.11 bits per heavy atom. The molecule has 1 aliphatic carbocycles. The summed E-state index contributed by atoms with van der Waals surface area (Å²) < 4.78 is 0. The van der Waals surface area contributed by atoms with Gasteiger partial charge in [-0.05, 0) is 42.4 Å². The molecule has 1 aromatic carbocycles. The van der Waals surface area contributed by atoms with Crippen molar-refractivity contribution < 1.29 is 0 Å². The van der Waals surface area contributed by atoms with Gasteiger partial charge in [0.25, 0.3) is 0 Å². The van der Waals surface area contributed by atoms with Crippen LogP contribution in [0.5, 0.6) is 0 Å². The summed E-state index contributed by atoms with van der Waals surface area (Å²) in [5.74, 6) is 7.36. The molecule has 2 rings (SSSR count). The van der Waals surface area contributed by atoms with Crippen LogP contribution in [0, 0.1) is 11.8 Å². The lowest BCUT2D eigenvalue weighted by atomic mass is 9.77. The topological polar surface area (TPSA) is 41.3 Å². The van der Waals surface area contributed by atoms with Gasteiger partial charge in [0, 0.05) is 25.8 Å². The molecule has 0 radical (unpaired) electrons. The van der Waals surface area contributed by atoms with Crippen molar-refractivity contribution in [2.75, 3.05) is 19.0 Å². The Balaban J connectivity index is 2.08. The molecule has 0 saturated heterocycles. The van der Waals surface area contributed by atoms with E-state index in [9.17, 15) is 0 Å². The zero-order chi connectivity index (χ0) is 13.8. The van der Waals surface area contributed by atoms with E-state index >= 15 is 0 Å². The average molecular weight is 261 g/mol. The van der Waals surface area contributed by atoms with Crippen LogP contribution in [0.4, 0.5) is 5.69 Å². The number of anilines is 1. The van der Waals surface area contributed by atoms with E-state index in [-0.39, 0.29) is 0 Å². The first-order chi connectivity index (χ1) is 9.11. The van der Waals surface area contributed by atoms with Crippen molar-refractivity contribution >= 4 is 5.69 Å². The predicted molar refractivity (Wildman–Crippen MR) is 82.0 cm³/mol. The average Bonchev–Trinajstić information content (AvgIpc) is 2.42. The summed E-state index contributed by atoms with van der Waals surface area (Å²) in [7, 11) is 4.13. The van der Waals surface area contributed by atoms with Crippen molar-refractivity contribution in [2.24, 2.45) is 17.7 Å². The van der Waals surface area contributed by atoms with E-state index < -0.39 is 0 Å². The normalized spacial score (nSPS) is 25.1. The van der Waals surface area contributed by atoms with Crippen LogP contribution in [0.2, 0.25) is 0 Å². The molecule has 3 nitrogen and oxygen atoms in total. The quantitative estimate of drug-likeness (QED) is 0.646. The van der Waals surface area contributed by atoms with Gasteiger partial charge in [0.15, 0.2) is 0 Å². The summed E-state index contributed by atoms with van der Waals surface area (Å²) in [6, 6.07) is 9.05. The number of nitrogens with zero attached hydrogens (tertiary/aromatic N) is 1. The molecule has 3 N–H and O–H groups in total. The molecule has 1 aromatic rings. The van der Waals surface area contributed by atoms with Gasteiger partial charge >= 0.3 is 0 Å². The number of rotatable bonds is 4. The van der Waals surface area contributed by atoms with Crippen molar-refractivity contribution in [3.8, 4) is 0 Å². The van der Waals surface area contributed by atoms with E-state index in [4.69, 9.17) is 5.84 Å². The fourth-order valence-corrected chi connectivity index (χ4v) is 3.10. The molecule has 0 spiro atoms. The van der Waals surface area contributed by atoms with Crippen LogP contribution in [-0.4, -0.2) is 14.1 Å². The minimum Gasteiger partial charge on any atom is -0.378 e. The van der Waals surface area contributed by atoms with Gasteiger partial charge in [0.1, 0.15) is 0 Å². The maximum Gasteiger partial charge on any atom is 0.0488 e. The zero-order valence-corrected chi connectivity index (χ0v) is 12.4. The van der Waals surface area contributed by atoms with Crippen LogP contribution in [0.3, 0.4) is 0 Å². The summed E-state index contributed by atoms with van der Waals surface area (Å²) >= 11 is 0. The van der Waals surface area contributed by atoms with E-state index in [1.54, 1.807) is 0 Å². The van der Waals surface area contributed by atoms with Crippen LogP contribution in [0.15, 0.2) is 24.3 Å². The van der Waals surface area contributed by atoms with Gasteiger partial charge in [0.05, 0.1) is 0 Å². The predicted octanol–water partition coefficient (Wildman–Crippen LogP) is 3.08. The minimum atomic E-state index is 0.295. The van der Waals surface area contributed by atoms with Crippen LogP contribution in [0.1, 0.15) is 44.2 Å². The molecule has 0 aliphatic heterocycles. The second kappa shape index (κ2) is 6.40. The third-order valence-electron chi connectivity index (χ3n) is 4.48. The molecule has 19 heavy (non-hydrogen) atoms.